The summed E-state index contributed by atoms with van der Waals surface area (Å²) in [6, 6.07) is 16.2. The molecule has 0 saturated heterocycles. The van der Waals surface area contributed by atoms with Crippen LogP contribution in [0, 0.1) is 0 Å². The highest BCUT2D eigenvalue weighted by atomic mass is 16.2. The molecule has 0 atom stereocenters. The summed E-state index contributed by atoms with van der Waals surface area (Å²) in [5.74, 6) is -0.626. The molecular weight excluding hydrogens is 342 g/mol. The zero-order valence-electron chi connectivity index (χ0n) is 15.1. The molecule has 1 fully saturated rings. The molecular formula is C21H23N3O3. The Balaban J connectivity index is 1.53. The SMILES string of the molecule is NC(=O)c1ccc(CN(C(=O)CCNC(=O)c2ccccc2)C2CC2)cc1. The third kappa shape index (κ3) is 5.17. The summed E-state index contributed by atoms with van der Waals surface area (Å²) in [5, 5.41) is 2.79. The Bertz CT molecular complexity index is 814. The molecule has 0 spiro atoms. The number of hydrogen-bond donors (Lipinski definition) is 2. The van der Waals surface area contributed by atoms with Gasteiger partial charge in [-0.1, -0.05) is 30.3 Å². The number of rotatable bonds is 8. The first kappa shape index (κ1) is 18.6. The highest BCUT2D eigenvalue weighted by Gasteiger charge is 2.32. The van der Waals surface area contributed by atoms with Crippen molar-refractivity contribution >= 4 is 17.7 Å². The predicted molar refractivity (Wildman–Crippen MR) is 102 cm³/mol. The normalized spacial score (nSPS) is 13.0. The second kappa shape index (κ2) is 8.49. The van der Waals surface area contributed by atoms with Crippen molar-refractivity contribution in [2.45, 2.75) is 31.8 Å². The Labute approximate surface area is 158 Å². The standard InChI is InChI=1S/C21H23N3O3/c22-20(26)16-8-6-15(7-9-16)14-24(18-10-11-18)19(25)12-13-23-21(27)17-4-2-1-3-5-17/h1-9,18H,10-14H2,(H2,22,26)(H,23,27). The zero-order chi connectivity index (χ0) is 19.2. The van der Waals surface area contributed by atoms with Crippen molar-refractivity contribution in [3.63, 3.8) is 0 Å². The highest BCUT2D eigenvalue weighted by Crippen LogP contribution is 2.29. The number of nitrogens with zero attached hydrogens (tertiary/aromatic N) is 1. The minimum atomic E-state index is -0.467. The summed E-state index contributed by atoms with van der Waals surface area (Å²) in [6.45, 7) is 0.797. The third-order valence-corrected chi connectivity index (χ3v) is 4.56. The van der Waals surface area contributed by atoms with Crippen molar-refractivity contribution in [2.24, 2.45) is 5.73 Å². The van der Waals surface area contributed by atoms with E-state index in [9.17, 15) is 14.4 Å². The van der Waals surface area contributed by atoms with Crippen LogP contribution in [0.4, 0.5) is 0 Å². The molecule has 6 nitrogen and oxygen atoms in total. The van der Waals surface area contributed by atoms with Crippen LogP contribution in [0.2, 0.25) is 0 Å². The molecule has 0 unspecified atom stereocenters. The largest absolute Gasteiger partial charge is 0.366 e. The molecule has 3 amide bonds. The number of carbonyl (C=O) groups is 3. The summed E-state index contributed by atoms with van der Waals surface area (Å²) >= 11 is 0. The Hall–Kier alpha value is -3.15. The summed E-state index contributed by atoms with van der Waals surface area (Å²) < 4.78 is 0. The van der Waals surface area contributed by atoms with Gasteiger partial charge in [-0.05, 0) is 42.7 Å². The van der Waals surface area contributed by atoms with E-state index >= 15 is 0 Å². The lowest BCUT2D eigenvalue weighted by molar-refractivity contribution is -0.132. The molecule has 6 heteroatoms. The Morgan fingerprint density at radius 2 is 1.63 bits per heavy atom. The fourth-order valence-corrected chi connectivity index (χ4v) is 2.90. The Morgan fingerprint density at radius 1 is 0.963 bits per heavy atom. The maximum absolute atomic E-state index is 12.6. The average Bonchev–Trinajstić information content (AvgIpc) is 3.52. The summed E-state index contributed by atoms with van der Waals surface area (Å²) in [4.78, 5) is 37.7. The molecule has 0 aromatic heterocycles. The number of primary amides is 1. The maximum atomic E-state index is 12.6. The van der Waals surface area contributed by atoms with Gasteiger partial charge in [-0.2, -0.15) is 0 Å². The smallest absolute Gasteiger partial charge is 0.251 e. The van der Waals surface area contributed by atoms with E-state index in [2.05, 4.69) is 5.32 Å². The van der Waals surface area contributed by atoms with Gasteiger partial charge in [0, 0.05) is 36.7 Å². The summed E-state index contributed by atoms with van der Waals surface area (Å²) in [5.41, 5.74) is 7.24. The minimum Gasteiger partial charge on any atom is -0.366 e. The van der Waals surface area contributed by atoms with Crippen LogP contribution in [0.25, 0.3) is 0 Å². The molecule has 140 valence electrons. The van der Waals surface area contributed by atoms with Crippen molar-refractivity contribution in [3.8, 4) is 0 Å². The first-order valence-electron chi connectivity index (χ1n) is 9.06. The van der Waals surface area contributed by atoms with E-state index < -0.39 is 5.91 Å². The molecule has 2 aromatic rings. The van der Waals surface area contributed by atoms with E-state index in [1.807, 2.05) is 23.1 Å². The van der Waals surface area contributed by atoms with Crippen LogP contribution in [-0.4, -0.2) is 35.2 Å². The summed E-state index contributed by atoms with van der Waals surface area (Å²) in [6.07, 6.45) is 2.26. The van der Waals surface area contributed by atoms with E-state index in [0.717, 1.165) is 18.4 Å². The lowest BCUT2D eigenvalue weighted by Crippen LogP contribution is -2.35. The van der Waals surface area contributed by atoms with Crippen molar-refractivity contribution in [1.82, 2.24) is 10.2 Å². The molecule has 0 heterocycles. The van der Waals surface area contributed by atoms with Crippen LogP contribution in [0.5, 0.6) is 0 Å². The van der Waals surface area contributed by atoms with Crippen LogP contribution in [-0.2, 0) is 11.3 Å². The van der Waals surface area contributed by atoms with E-state index in [-0.39, 0.29) is 24.3 Å². The van der Waals surface area contributed by atoms with Crippen LogP contribution in [0.15, 0.2) is 54.6 Å². The van der Waals surface area contributed by atoms with Crippen LogP contribution >= 0.6 is 0 Å². The summed E-state index contributed by atoms with van der Waals surface area (Å²) in [7, 11) is 0. The van der Waals surface area contributed by atoms with Gasteiger partial charge >= 0.3 is 0 Å². The second-order valence-corrected chi connectivity index (χ2v) is 6.69. The van der Waals surface area contributed by atoms with E-state index in [4.69, 9.17) is 5.73 Å². The number of hydrogen-bond acceptors (Lipinski definition) is 3. The number of benzene rings is 2. The fraction of sp³-hybridized carbons (Fsp3) is 0.286. The molecule has 1 aliphatic carbocycles. The van der Waals surface area contributed by atoms with Crippen molar-refractivity contribution in [1.29, 1.82) is 0 Å². The van der Waals surface area contributed by atoms with Crippen molar-refractivity contribution in [2.75, 3.05) is 6.54 Å². The first-order chi connectivity index (χ1) is 13.0. The van der Waals surface area contributed by atoms with Crippen LogP contribution in [0.3, 0.4) is 0 Å². The van der Waals surface area contributed by atoms with Crippen molar-refractivity contribution < 1.29 is 14.4 Å². The lowest BCUT2D eigenvalue weighted by Gasteiger charge is -2.23. The van der Waals surface area contributed by atoms with Gasteiger partial charge < -0.3 is 16.0 Å². The van der Waals surface area contributed by atoms with Gasteiger partial charge in [-0.3, -0.25) is 14.4 Å². The maximum Gasteiger partial charge on any atom is 0.251 e. The van der Waals surface area contributed by atoms with E-state index in [1.165, 1.54) is 0 Å². The highest BCUT2D eigenvalue weighted by molar-refractivity contribution is 5.94. The average molecular weight is 365 g/mol. The predicted octanol–water partition coefficient (Wildman–Crippen LogP) is 2.10. The van der Waals surface area contributed by atoms with E-state index in [0.29, 0.717) is 24.2 Å². The fourth-order valence-electron chi connectivity index (χ4n) is 2.90. The quantitative estimate of drug-likeness (QED) is 0.750. The molecule has 0 bridgehead atoms. The van der Waals surface area contributed by atoms with Crippen LogP contribution in [0.1, 0.15) is 45.5 Å². The Morgan fingerprint density at radius 3 is 2.22 bits per heavy atom. The van der Waals surface area contributed by atoms with Gasteiger partial charge in [0.25, 0.3) is 5.91 Å². The first-order valence-corrected chi connectivity index (χ1v) is 9.06. The van der Waals surface area contributed by atoms with Gasteiger partial charge in [0.15, 0.2) is 0 Å². The minimum absolute atomic E-state index is 0.0184. The Kier molecular flexibility index (Phi) is 5.86. The molecule has 3 N–H and O–H groups in total. The molecule has 0 radical (unpaired) electrons. The molecule has 3 rings (SSSR count). The number of nitrogens with two attached hydrogens (primary N) is 1. The number of amides is 3. The molecule has 0 aliphatic heterocycles. The monoisotopic (exact) mass is 365 g/mol. The lowest BCUT2D eigenvalue weighted by atomic mass is 10.1. The van der Waals surface area contributed by atoms with Gasteiger partial charge in [0.05, 0.1) is 0 Å². The van der Waals surface area contributed by atoms with Crippen molar-refractivity contribution in [3.05, 3.63) is 71.3 Å². The zero-order valence-corrected chi connectivity index (χ0v) is 15.1. The molecule has 27 heavy (non-hydrogen) atoms. The molecule has 1 saturated carbocycles. The number of nitrogens with one attached hydrogen (secondary N) is 1. The van der Waals surface area contributed by atoms with Gasteiger partial charge in [0.1, 0.15) is 0 Å². The molecule has 1 aliphatic rings. The second-order valence-electron chi connectivity index (χ2n) is 6.69. The van der Waals surface area contributed by atoms with Gasteiger partial charge in [-0.25, -0.2) is 0 Å². The molecule has 2 aromatic carbocycles. The third-order valence-electron chi connectivity index (χ3n) is 4.56. The topological polar surface area (TPSA) is 92.5 Å². The van der Waals surface area contributed by atoms with E-state index in [1.54, 1.807) is 36.4 Å². The van der Waals surface area contributed by atoms with Gasteiger partial charge in [-0.15, -0.1) is 0 Å². The van der Waals surface area contributed by atoms with Gasteiger partial charge in [0.2, 0.25) is 11.8 Å². The van der Waals surface area contributed by atoms with Crippen LogP contribution < -0.4 is 11.1 Å². The number of carbonyl (C=O) groups excluding carboxylic acids is 3.